The van der Waals surface area contributed by atoms with Gasteiger partial charge in [-0.1, -0.05) is 0 Å². The molecule has 3 fully saturated rings. The molecule has 2 saturated heterocycles. The van der Waals surface area contributed by atoms with Gasteiger partial charge in [0, 0.05) is 0 Å². The normalized spacial score (nSPS) is 43.4. The number of ether oxygens (including phenoxy) is 4. The Morgan fingerprint density at radius 1 is 0.889 bits per heavy atom. The first-order valence-electron chi connectivity index (χ1n) is 13.1. The van der Waals surface area contributed by atoms with E-state index < -0.39 is 120 Å². The van der Waals surface area contributed by atoms with E-state index in [1.54, 1.807) is 0 Å². The lowest BCUT2D eigenvalue weighted by Gasteiger charge is -2.45. The number of nitrogens with two attached hydrogens (primary N) is 4. The molecule has 18 N–H and O–H groups in total. The lowest BCUT2D eigenvalue weighted by molar-refractivity contribution is -0.314. The third kappa shape index (κ3) is 9.11. The second-order valence-corrected chi connectivity index (χ2v) is 11.2. The second kappa shape index (κ2) is 15.5. The van der Waals surface area contributed by atoms with E-state index in [4.69, 9.17) is 59.4 Å². The van der Waals surface area contributed by atoms with Gasteiger partial charge in [0.2, 0.25) is 0 Å². The quantitative estimate of drug-likeness (QED) is 0.0465. The lowest BCUT2D eigenvalue weighted by Crippen LogP contribution is -2.66. The number of hydrogen-bond acceptors (Lipinski definition) is 17. The first-order chi connectivity index (χ1) is 20.7. The molecule has 24 heteroatoms. The molecule has 45 heavy (non-hydrogen) atoms. The predicted molar refractivity (Wildman–Crippen MR) is 147 cm³/mol. The van der Waals surface area contributed by atoms with Crippen LogP contribution in [0.4, 0.5) is 0 Å². The molecule has 1 saturated carbocycles. The summed E-state index contributed by atoms with van der Waals surface area (Å²) in [6, 6.07) is -4.08. The number of carbonyl (C=O) groups is 1. The highest BCUT2D eigenvalue weighted by Gasteiger charge is 2.60. The molecule has 0 aromatic rings. The standard InChI is InChI=1S/C21H39N7O12.H2O4S/c1-5-21(36,4-30)16(40-17-9(26-2)13(34)10(31)6(3-29)38-17)18(37-5)39-15-8(28-20(24)25)11(32)7(27-19(22)23)12(33)14(15)35;1-5(2,3)4/h4-18,26,29,31-36H,3H2,1-2H3,(H4,22,23,27)(H4,24,25,28);(H2,1,2,3,4). The number of hydrogen-bond donors (Lipinski definition) is 14. The summed E-state index contributed by atoms with van der Waals surface area (Å²) >= 11 is 0. The maximum absolute atomic E-state index is 12.1. The molecule has 0 aromatic carbocycles. The minimum atomic E-state index is -4.67. The van der Waals surface area contributed by atoms with Crippen molar-refractivity contribution < 1.29 is 77.0 Å². The van der Waals surface area contributed by atoms with Gasteiger partial charge in [0.25, 0.3) is 0 Å². The topological polar surface area (TPSA) is 411 Å². The van der Waals surface area contributed by atoms with Gasteiger partial charge in [-0.2, -0.15) is 8.42 Å². The van der Waals surface area contributed by atoms with Crippen LogP contribution in [0.25, 0.3) is 0 Å². The van der Waals surface area contributed by atoms with Gasteiger partial charge in [-0.15, -0.1) is 0 Å². The van der Waals surface area contributed by atoms with Crippen LogP contribution in [0.5, 0.6) is 0 Å². The maximum atomic E-state index is 12.1. The monoisotopic (exact) mass is 679 g/mol. The lowest BCUT2D eigenvalue weighted by atomic mass is 9.81. The van der Waals surface area contributed by atoms with Crippen LogP contribution in [0.2, 0.25) is 0 Å². The summed E-state index contributed by atoms with van der Waals surface area (Å²) < 4.78 is 54.5. The van der Waals surface area contributed by atoms with E-state index >= 15 is 0 Å². The second-order valence-electron chi connectivity index (χ2n) is 10.3. The number of guanidine groups is 2. The van der Waals surface area contributed by atoms with Gasteiger partial charge in [0.1, 0.15) is 60.9 Å². The Hall–Kier alpha value is -2.40. The number of carbonyl (C=O) groups excluding carboxylic acids is 1. The minimum Gasteiger partial charge on any atom is -0.394 e. The molecule has 3 aliphatic rings. The SMILES string of the molecule is CNC1C(OC2C(OC3C(O)C(O)C(N=C(N)N)C(O)C3N=C(N)N)OC(C)C2(O)C=O)OC(CO)C(O)C1O.O=S(=O)(O)O. The third-order valence-electron chi connectivity index (χ3n) is 7.34. The van der Waals surface area contributed by atoms with Crippen molar-refractivity contribution in [3.63, 3.8) is 0 Å². The van der Waals surface area contributed by atoms with Crippen molar-refractivity contribution in [2.24, 2.45) is 32.9 Å². The van der Waals surface area contributed by atoms with Crippen molar-refractivity contribution in [1.29, 1.82) is 0 Å². The van der Waals surface area contributed by atoms with E-state index in [0.29, 0.717) is 0 Å². The number of aliphatic hydroxyl groups is 7. The summed E-state index contributed by atoms with van der Waals surface area (Å²) in [7, 11) is -3.25. The molecule has 2 heterocycles. The van der Waals surface area contributed by atoms with Gasteiger partial charge in [-0.25, -0.2) is 9.98 Å². The van der Waals surface area contributed by atoms with Gasteiger partial charge in [0.15, 0.2) is 36.4 Å². The highest BCUT2D eigenvalue weighted by molar-refractivity contribution is 7.79. The molecule has 0 bridgehead atoms. The average Bonchev–Trinajstić information content (AvgIpc) is 3.16. The van der Waals surface area contributed by atoms with Crippen molar-refractivity contribution in [3.8, 4) is 0 Å². The van der Waals surface area contributed by atoms with E-state index in [1.807, 2.05) is 0 Å². The van der Waals surface area contributed by atoms with Crippen molar-refractivity contribution in [2.75, 3.05) is 13.7 Å². The van der Waals surface area contributed by atoms with E-state index in [1.165, 1.54) is 14.0 Å². The molecular weight excluding hydrogens is 638 g/mol. The van der Waals surface area contributed by atoms with Crippen molar-refractivity contribution >= 4 is 28.6 Å². The van der Waals surface area contributed by atoms with Crippen molar-refractivity contribution in [3.05, 3.63) is 0 Å². The summed E-state index contributed by atoms with van der Waals surface area (Å²) in [6.45, 7) is 0.620. The van der Waals surface area contributed by atoms with Crippen molar-refractivity contribution in [1.82, 2.24) is 5.32 Å². The molecular formula is C21H41N7O16S. The van der Waals surface area contributed by atoms with Gasteiger partial charge in [0.05, 0.1) is 18.8 Å². The largest absolute Gasteiger partial charge is 0.394 e. The van der Waals surface area contributed by atoms with Gasteiger partial charge >= 0.3 is 10.4 Å². The Bertz CT molecular complexity index is 1150. The third-order valence-corrected chi connectivity index (χ3v) is 7.34. The molecule has 15 unspecified atom stereocenters. The first-order valence-corrected chi connectivity index (χ1v) is 14.5. The number of aliphatic hydroxyl groups excluding tert-OH is 6. The molecule has 15 atom stereocenters. The van der Waals surface area contributed by atoms with Gasteiger partial charge < -0.3 is 82.9 Å². The smallest absolute Gasteiger partial charge is 0.394 e. The molecule has 0 spiro atoms. The Labute approximate surface area is 256 Å². The fraction of sp³-hybridized carbons (Fsp3) is 0.857. The zero-order chi connectivity index (χ0) is 34.6. The average molecular weight is 680 g/mol. The number of rotatable bonds is 9. The Morgan fingerprint density at radius 2 is 1.42 bits per heavy atom. The molecule has 0 amide bonds. The molecule has 0 aromatic heterocycles. The van der Waals surface area contributed by atoms with Gasteiger partial charge in [-0.05, 0) is 14.0 Å². The number of likely N-dealkylation sites (N-methyl/N-ethyl adjacent to an activating group) is 1. The van der Waals surface area contributed by atoms with E-state index in [0.717, 1.165) is 0 Å². The zero-order valence-corrected chi connectivity index (χ0v) is 24.7. The Kier molecular flexibility index (Phi) is 13.3. The maximum Gasteiger partial charge on any atom is 0.394 e. The summed E-state index contributed by atoms with van der Waals surface area (Å²) in [6.07, 6.45) is -17.3. The number of aliphatic imine (C=N–C) groups is 2. The molecule has 2 aliphatic heterocycles. The first kappa shape index (κ1) is 38.8. The minimum absolute atomic E-state index is 0.140. The summed E-state index contributed by atoms with van der Waals surface area (Å²) in [5.74, 6) is -1.03. The molecule has 3 rings (SSSR count). The highest BCUT2D eigenvalue weighted by Crippen LogP contribution is 2.38. The fourth-order valence-corrected chi connectivity index (χ4v) is 5.08. The van der Waals surface area contributed by atoms with E-state index in [-0.39, 0.29) is 6.29 Å². The van der Waals surface area contributed by atoms with E-state index in [2.05, 4.69) is 15.3 Å². The number of nitrogens with one attached hydrogen (secondary N) is 1. The van der Waals surface area contributed by atoms with Crippen LogP contribution in [-0.4, -0.2) is 176 Å². The van der Waals surface area contributed by atoms with Crippen LogP contribution in [0.1, 0.15) is 6.92 Å². The summed E-state index contributed by atoms with van der Waals surface area (Å²) in [5.41, 5.74) is 19.4. The fourth-order valence-electron chi connectivity index (χ4n) is 5.08. The van der Waals surface area contributed by atoms with Crippen LogP contribution in [0.15, 0.2) is 9.98 Å². The highest BCUT2D eigenvalue weighted by atomic mass is 32.3. The van der Waals surface area contributed by atoms with E-state index in [9.17, 15) is 40.5 Å². The summed E-state index contributed by atoms with van der Waals surface area (Å²) in [5, 5.41) is 76.6. The Morgan fingerprint density at radius 3 is 1.89 bits per heavy atom. The van der Waals surface area contributed by atoms with Gasteiger partial charge in [-0.3, -0.25) is 13.9 Å². The zero-order valence-electron chi connectivity index (χ0n) is 23.9. The van der Waals surface area contributed by atoms with Crippen LogP contribution in [-0.2, 0) is 34.1 Å². The summed E-state index contributed by atoms with van der Waals surface area (Å²) in [4.78, 5) is 19.7. The van der Waals surface area contributed by atoms with Crippen LogP contribution in [0, 0.1) is 0 Å². The molecule has 262 valence electrons. The van der Waals surface area contributed by atoms with Crippen LogP contribution >= 0.6 is 0 Å². The van der Waals surface area contributed by atoms with Crippen LogP contribution in [0.3, 0.4) is 0 Å². The number of nitrogens with zero attached hydrogens (tertiary/aromatic N) is 2. The van der Waals surface area contributed by atoms with Crippen LogP contribution < -0.4 is 28.3 Å². The van der Waals surface area contributed by atoms with Crippen molar-refractivity contribution in [2.45, 2.75) is 98.2 Å². The number of aldehydes is 1. The molecule has 23 nitrogen and oxygen atoms in total. The Balaban J connectivity index is 0.00000130. The predicted octanol–water partition coefficient (Wildman–Crippen LogP) is -8.81. The molecule has 0 radical (unpaired) electrons. The molecule has 1 aliphatic carbocycles.